The van der Waals surface area contributed by atoms with E-state index in [0.717, 1.165) is 29.8 Å². The number of rotatable bonds is 3. The number of carbonyl (C=O) groups excluding carboxylic acids is 4. The predicted octanol–water partition coefficient (Wildman–Crippen LogP) is 3.53. The molecule has 5 amide bonds. The van der Waals surface area contributed by atoms with Crippen LogP contribution in [0.5, 0.6) is 0 Å². The normalized spacial score (nSPS) is 21.3. The highest BCUT2D eigenvalue weighted by Gasteiger charge is 2.51. The van der Waals surface area contributed by atoms with Gasteiger partial charge in [0.1, 0.15) is 11.6 Å². The van der Waals surface area contributed by atoms with Crippen LogP contribution < -0.4 is 0 Å². The summed E-state index contributed by atoms with van der Waals surface area (Å²) in [5, 5.41) is 1.27. The standard InChI is InChI=1S/C24H31ClN4O6/c1-24(2,3)34-22(32)27-12-13-28-19(15-27)20(30)29(21(28)31)35-23(33)26-10-8-16(9-11-26)14-17-6-4-5-7-18(17)25/h4-7,16,19H,8-15H2,1-3H3. The van der Waals surface area contributed by atoms with Gasteiger partial charge in [-0.05, 0) is 57.6 Å². The van der Waals surface area contributed by atoms with Crippen LogP contribution in [0.15, 0.2) is 24.3 Å². The number of fused-ring (bicyclic) bond motifs is 1. The maximum atomic E-state index is 12.9. The van der Waals surface area contributed by atoms with Crippen LogP contribution in [-0.2, 0) is 20.8 Å². The Morgan fingerprint density at radius 1 is 1.00 bits per heavy atom. The van der Waals surface area contributed by atoms with Crippen molar-refractivity contribution in [2.24, 2.45) is 5.92 Å². The average Bonchev–Trinajstić information content (AvgIpc) is 3.04. The van der Waals surface area contributed by atoms with Gasteiger partial charge < -0.3 is 24.3 Å². The van der Waals surface area contributed by atoms with Gasteiger partial charge in [0.2, 0.25) is 0 Å². The molecule has 0 aromatic heterocycles. The zero-order valence-corrected chi connectivity index (χ0v) is 21.0. The molecule has 35 heavy (non-hydrogen) atoms. The van der Waals surface area contributed by atoms with Crippen LogP contribution in [0.4, 0.5) is 14.4 Å². The zero-order valence-electron chi connectivity index (χ0n) is 20.2. The Balaban J connectivity index is 1.30. The minimum atomic E-state index is -0.905. The highest BCUT2D eigenvalue weighted by Crippen LogP contribution is 2.27. The van der Waals surface area contributed by atoms with Crippen molar-refractivity contribution in [2.45, 2.75) is 51.7 Å². The molecule has 0 bridgehead atoms. The van der Waals surface area contributed by atoms with Crippen molar-refractivity contribution in [1.29, 1.82) is 0 Å². The maximum Gasteiger partial charge on any atom is 0.434 e. The second-order valence-corrected chi connectivity index (χ2v) is 10.5. The first kappa shape index (κ1) is 25.1. The number of hydroxylamine groups is 2. The molecule has 0 saturated carbocycles. The van der Waals surface area contributed by atoms with Gasteiger partial charge >= 0.3 is 18.2 Å². The lowest BCUT2D eigenvalue weighted by Crippen LogP contribution is -2.55. The fourth-order valence-corrected chi connectivity index (χ4v) is 4.79. The van der Waals surface area contributed by atoms with Crippen LogP contribution in [0.2, 0.25) is 5.02 Å². The Morgan fingerprint density at radius 3 is 2.34 bits per heavy atom. The lowest BCUT2D eigenvalue weighted by molar-refractivity contribution is -0.152. The van der Waals surface area contributed by atoms with Crippen LogP contribution in [0.3, 0.4) is 0 Å². The molecule has 4 rings (SSSR count). The minimum absolute atomic E-state index is 0.0129. The fraction of sp³-hybridized carbons (Fsp3) is 0.583. The SMILES string of the molecule is CC(C)(C)OC(=O)N1CCN2C(=O)N(OC(=O)N3CCC(Cc4ccccc4Cl)CC3)C(=O)C2C1. The molecule has 3 heterocycles. The van der Waals surface area contributed by atoms with Crippen molar-refractivity contribution < 1.29 is 28.8 Å². The number of hydrogen-bond acceptors (Lipinski definition) is 6. The van der Waals surface area contributed by atoms with Crippen LogP contribution in [0, 0.1) is 5.92 Å². The minimum Gasteiger partial charge on any atom is -0.444 e. The summed E-state index contributed by atoms with van der Waals surface area (Å²) in [7, 11) is 0. The van der Waals surface area contributed by atoms with Crippen LogP contribution >= 0.6 is 11.6 Å². The van der Waals surface area contributed by atoms with E-state index in [0.29, 0.717) is 24.1 Å². The molecule has 1 unspecified atom stereocenters. The van der Waals surface area contributed by atoms with Crippen molar-refractivity contribution in [3.05, 3.63) is 34.9 Å². The Hall–Kier alpha value is -3.01. The van der Waals surface area contributed by atoms with Gasteiger partial charge in [-0.25, -0.2) is 14.4 Å². The molecule has 0 aliphatic carbocycles. The van der Waals surface area contributed by atoms with Crippen molar-refractivity contribution in [3.63, 3.8) is 0 Å². The highest BCUT2D eigenvalue weighted by atomic mass is 35.5. The second-order valence-electron chi connectivity index (χ2n) is 10.1. The molecule has 0 radical (unpaired) electrons. The summed E-state index contributed by atoms with van der Waals surface area (Å²) >= 11 is 6.26. The average molecular weight is 507 g/mol. The third kappa shape index (κ3) is 5.63. The van der Waals surface area contributed by atoms with E-state index in [-0.39, 0.29) is 19.6 Å². The number of piperidine rings is 1. The van der Waals surface area contributed by atoms with Crippen LogP contribution in [0.1, 0.15) is 39.2 Å². The van der Waals surface area contributed by atoms with Crippen molar-refractivity contribution >= 4 is 35.7 Å². The number of halogens is 1. The first-order chi connectivity index (χ1) is 16.5. The Bertz CT molecular complexity index is 1000. The number of hydrogen-bond donors (Lipinski definition) is 0. The molecule has 10 nitrogen and oxygen atoms in total. The molecule has 3 aliphatic heterocycles. The van der Waals surface area contributed by atoms with Crippen molar-refractivity contribution in [3.8, 4) is 0 Å². The predicted molar refractivity (Wildman–Crippen MR) is 126 cm³/mol. The lowest BCUT2D eigenvalue weighted by Gasteiger charge is -2.35. The van der Waals surface area contributed by atoms with Gasteiger partial charge in [0.05, 0.1) is 6.54 Å². The quantitative estimate of drug-likeness (QED) is 0.581. The summed E-state index contributed by atoms with van der Waals surface area (Å²) in [5.41, 5.74) is 0.409. The van der Waals surface area contributed by atoms with E-state index in [1.807, 2.05) is 24.3 Å². The molecule has 1 aromatic carbocycles. The van der Waals surface area contributed by atoms with Crippen molar-refractivity contribution in [2.75, 3.05) is 32.7 Å². The lowest BCUT2D eigenvalue weighted by atomic mass is 9.90. The largest absolute Gasteiger partial charge is 0.444 e. The van der Waals surface area contributed by atoms with E-state index in [2.05, 4.69) is 0 Å². The maximum absolute atomic E-state index is 12.9. The van der Waals surface area contributed by atoms with E-state index in [1.54, 1.807) is 20.8 Å². The number of likely N-dealkylation sites (tertiary alicyclic amines) is 1. The molecule has 1 atom stereocenters. The van der Waals surface area contributed by atoms with Crippen LogP contribution in [-0.4, -0.2) is 88.3 Å². The molecule has 190 valence electrons. The third-order valence-corrected chi connectivity index (χ3v) is 6.81. The van der Waals surface area contributed by atoms with Gasteiger partial charge in [-0.15, -0.1) is 0 Å². The van der Waals surface area contributed by atoms with E-state index in [4.69, 9.17) is 21.2 Å². The number of nitrogens with zero attached hydrogens (tertiary/aromatic N) is 4. The van der Waals surface area contributed by atoms with Crippen LogP contribution in [0.25, 0.3) is 0 Å². The number of piperazine rings is 1. The van der Waals surface area contributed by atoms with E-state index in [9.17, 15) is 19.2 Å². The van der Waals surface area contributed by atoms with Gasteiger partial charge in [0.15, 0.2) is 0 Å². The summed E-state index contributed by atoms with van der Waals surface area (Å²) in [6.07, 6.45) is 1.08. The van der Waals surface area contributed by atoms with Gasteiger partial charge in [-0.2, -0.15) is 0 Å². The molecule has 11 heteroatoms. The molecule has 0 N–H and O–H groups in total. The van der Waals surface area contributed by atoms with Gasteiger partial charge in [-0.3, -0.25) is 4.79 Å². The first-order valence-corrected chi connectivity index (χ1v) is 12.2. The third-order valence-electron chi connectivity index (χ3n) is 6.45. The van der Waals surface area contributed by atoms with Gasteiger partial charge in [0, 0.05) is 31.2 Å². The number of ether oxygens (including phenoxy) is 1. The summed E-state index contributed by atoms with van der Waals surface area (Å²) < 4.78 is 5.37. The smallest absolute Gasteiger partial charge is 0.434 e. The summed E-state index contributed by atoms with van der Waals surface area (Å²) in [4.78, 5) is 60.2. The van der Waals surface area contributed by atoms with Gasteiger partial charge in [0.25, 0.3) is 5.91 Å². The van der Waals surface area contributed by atoms with Crippen molar-refractivity contribution in [1.82, 2.24) is 19.8 Å². The molecule has 3 fully saturated rings. The first-order valence-electron chi connectivity index (χ1n) is 11.9. The van der Waals surface area contributed by atoms with Gasteiger partial charge in [-0.1, -0.05) is 34.9 Å². The number of amides is 5. The van der Waals surface area contributed by atoms with E-state index in [1.165, 1.54) is 14.7 Å². The highest BCUT2D eigenvalue weighted by molar-refractivity contribution is 6.31. The number of benzene rings is 1. The molecule has 3 aliphatic rings. The van der Waals surface area contributed by atoms with E-state index >= 15 is 0 Å². The monoisotopic (exact) mass is 506 g/mol. The molecular formula is C24H31ClN4O6. The Morgan fingerprint density at radius 2 is 1.69 bits per heavy atom. The van der Waals surface area contributed by atoms with E-state index < -0.39 is 35.8 Å². The number of urea groups is 1. The second kappa shape index (κ2) is 9.93. The topological polar surface area (TPSA) is 99.7 Å². The molecule has 1 aromatic rings. The summed E-state index contributed by atoms with van der Waals surface area (Å²) in [5.74, 6) is -0.285. The summed E-state index contributed by atoms with van der Waals surface area (Å²) in [6, 6.07) is 6.13. The molecule has 3 saturated heterocycles. The Kier molecular flexibility index (Phi) is 7.12. The molecular weight excluding hydrogens is 476 g/mol. The zero-order chi connectivity index (χ0) is 25.3. The fourth-order valence-electron chi connectivity index (χ4n) is 4.58. The number of imide groups is 1. The Labute approximate surface area is 209 Å². The summed E-state index contributed by atoms with van der Waals surface area (Å²) in [6.45, 7) is 6.56. The number of carbonyl (C=O) groups is 4. The molecule has 0 spiro atoms.